The van der Waals surface area contributed by atoms with Gasteiger partial charge >= 0.3 is 0 Å². The first-order chi connectivity index (χ1) is 4.61. The molecule has 1 aromatic rings. The van der Waals surface area contributed by atoms with Crippen LogP contribution in [0, 0.1) is 0 Å². The normalized spacial score (nSPS) is 11.5. The van der Waals surface area contributed by atoms with E-state index in [0.29, 0.717) is 0 Å². The molecular weight excluding hydrogens is 373 g/mol. The minimum Gasteiger partial charge on any atom is -0.0906 e. The first-order valence-corrected chi connectivity index (χ1v) is 5.26. The molecule has 0 fully saturated rings. The van der Waals surface area contributed by atoms with E-state index in [-0.39, 0.29) is 0.888 Å². The molecule has 0 aliphatic rings. The zero-order valence-corrected chi connectivity index (χ0v) is 10.1. The van der Waals surface area contributed by atoms with Crippen molar-refractivity contribution in [1.29, 1.82) is 0 Å². The van der Waals surface area contributed by atoms with Gasteiger partial charge in [0, 0.05) is 0 Å². The maximum absolute atomic E-state index is 6.03. The summed E-state index contributed by atoms with van der Waals surface area (Å²) >= 11 is 10.4. The summed E-state index contributed by atoms with van der Waals surface area (Å²) in [4.78, 5) is 0. The highest BCUT2D eigenvalue weighted by atomic mass is 127. The summed E-state index contributed by atoms with van der Waals surface area (Å²) in [6.07, 6.45) is 0. The number of rotatable bonds is 1. The molecule has 1 aromatic carbocycles. The molecule has 0 radical (unpaired) electrons. The number of halogens is 3. The van der Waals surface area contributed by atoms with Crippen LogP contribution in [-0.2, 0) is 0.888 Å². The van der Waals surface area contributed by atoms with E-state index in [4.69, 9.17) is 11.6 Å². The lowest BCUT2D eigenvalue weighted by Crippen LogP contribution is -1.95. The van der Waals surface area contributed by atoms with Crippen LogP contribution in [0.1, 0.15) is 5.56 Å². The maximum atomic E-state index is 6.03. The Bertz CT molecular complexity index is 203. The second kappa shape index (κ2) is 3.58. The number of hydrogen-bond donors (Lipinski definition) is 0. The van der Waals surface area contributed by atoms with Gasteiger partial charge in [0.05, 0.1) is 0 Å². The van der Waals surface area contributed by atoms with Crippen LogP contribution < -0.4 is 0 Å². The fourth-order valence-electron chi connectivity index (χ4n) is 0.627. The topological polar surface area (TPSA) is 0 Å². The molecule has 0 unspecified atom stereocenters. The molecule has 0 amide bonds. The van der Waals surface area contributed by atoms with Crippen LogP contribution in [0.3, 0.4) is 0 Å². The lowest BCUT2D eigenvalue weighted by Gasteiger charge is -2.10. The summed E-state index contributed by atoms with van der Waals surface area (Å²) in [5.41, 5.74) is 1.14. The summed E-state index contributed by atoms with van der Waals surface area (Å²) in [6.45, 7) is 0. The van der Waals surface area contributed by atoms with E-state index in [0.717, 1.165) is 5.56 Å². The van der Waals surface area contributed by atoms with Gasteiger partial charge in [-0.3, -0.25) is 0 Å². The van der Waals surface area contributed by atoms with Crippen LogP contribution in [0.4, 0.5) is 0 Å². The summed E-state index contributed by atoms with van der Waals surface area (Å²) < 4.78 is -0.295. The van der Waals surface area contributed by atoms with E-state index >= 15 is 0 Å². The highest BCUT2D eigenvalue weighted by molar-refractivity contribution is 14.2. The van der Waals surface area contributed by atoms with E-state index in [1.807, 2.05) is 30.3 Å². The SMILES string of the molecule is ClC(I)(I)c1ccccc1. The molecule has 1 rings (SSSR count). The molecule has 0 atom stereocenters. The Balaban J connectivity index is 2.97. The predicted molar refractivity (Wildman–Crippen MR) is 62.0 cm³/mol. The van der Waals surface area contributed by atoms with Gasteiger partial charge in [-0.2, -0.15) is 0 Å². The molecule has 0 nitrogen and oxygen atoms in total. The predicted octanol–water partition coefficient (Wildman–Crippen LogP) is 3.91. The Morgan fingerprint density at radius 3 is 1.90 bits per heavy atom. The quantitative estimate of drug-likeness (QED) is 0.514. The maximum Gasteiger partial charge on any atom is 0.171 e. The van der Waals surface area contributed by atoms with Crippen molar-refractivity contribution in [2.75, 3.05) is 0 Å². The standard InChI is InChI=1S/C7H5ClI2/c8-7(9,10)6-4-2-1-3-5-6/h1-5H. The smallest absolute Gasteiger partial charge is 0.0906 e. The molecule has 10 heavy (non-hydrogen) atoms. The first kappa shape index (κ1) is 9.06. The number of benzene rings is 1. The fraction of sp³-hybridized carbons (Fsp3) is 0.143. The molecule has 0 saturated heterocycles. The van der Waals surface area contributed by atoms with Crippen molar-refractivity contribution in [3.8, 4) is 0 Å². The highest BCUT2D eigenvalue weighted by Crippen LogP contribution is 2.42. The molecule has 0 N–H and O–H groups in total. The van der Waals surface area contributed by atoms with Crippen LogP contribution >= 0.6 is 56.8 Å². The van der Waals surface area contributed by atoms with Gasteiger partial charge in [0.2, 0.25) is 0 Å². The van der Waals surface area contributed by atoms with Gasteiger partial charge in [-0.05, 0) is 50.7 Å². The third kappa shape index (κ3) is 2.54. The monoisotopic (exact) mass is 378 g/mol. The average molecular weight is 378 g/mol. The molecule has 0 saturated carbocycles. The van der Waals surface area contributed by atoms with Crippen molar-refractivity contribution in [2.24, 2.45) is 0 Å². The molecule has 0 spiro atoms. The minimum absolute atomic E-state index is 0.295. The number of alkyl halides is 3. The van der Waals surface area contributed by atoms with Gasteiger partial charge < -0.3 is 0 Å². The second-order valence-corrected chi connectivity index (χ2v) is 9.01. The van der Waals surface area contributed by atoms with Crippen molar-refractivity contribution in [3.63, 3.8) is 0 Å². The Kier molecular flexibility index (Phi) is 3.24. The molecule has 0 heterocycles. The minimum atomic E-state index is -0.295. The Hall–Kier alpha value is 0.970. The average Bonchev–Trinajstić information content (AvgIpc) is 1.88. The zero-order chi connectivity index (χ0) is 7.61. The summed E-state index contributed by atoms with van der Waals surface area (Å²) in [5.74, 6) is 0. The van der Waals surface area contributed by atoms with Crippen LogP contribution in [0.2, 0.25) is 0 Å². The van der Waals surface area contributed by atoms with Crippen LogP contribution in [0.5, 0.6) is 0 Å². The van der Waals surface area contributed by atoms with Crippen LogP contribution in [0.25, 0.3) is 0 Å². The summed E-state index contributed by atoms with van der Waals surface area (Å²) in [6, 6.07) is 10.0. The zero-order valence-electron chi connectivity index (χ0n) is 5.02. The Labute approximate surface area is 92.6 Å². The summed E-state index contributed by atoms with van der Waals surface area (Å²) in [7, 11) is 0. The van der Waals surface area contributed by atoms with Crippen molar-refractivity contribution in [3.05, 3.63) is 35.9 Å². The molecule has 0 aromatic heterocycles. The third-order valence-electron chi connectivity index (χ3n) is 1.10. The lowest BCUT2D eigenvalue weighted by atomic mass is 10.2. The van der Waals surface area contributed by atoms with E-state index in [1.54, 1.807) is 0 Å². The van der Waals surface area contributed by atoms with Gasteiger partial charge in [-0.1, -0.05) is 41.9 Å². The van der Waals surface area contributed by atoms with Crippen molar-refractivity contribution in [1.82, 2.24) is 0 Å². The third-order valence-corrected chi connectivity index (χ3v) is 2.56. The Morgan fingerprint density at radius 1 is 1.10 bits per heavy atom. The van der Waals surface area contributed by atoms with E-state index in [2.05, 4.69) is 45.2 Å². The first-order valence-electron chi connectivity index (χ1n) is 2.73. The van der Waals surface area contributed by atoms with E-state index in [9.17, 15) is 0 Å². The molecule has 0 bridgehead atoms. The fourth-order valence-corrected chi connectivity index (χ4v) is 1.47. The molecule has 0 aliphatic carbocycles. The Morgan fingerprint density at radius 2 is 1.60 bits per heavy atom. The largest absolute Gasteiger partial charge is 0.171 e. The highest BCUT2D eigenvalue weighted by Gasteiger charge is 2.19. The van der Waals surface area contributed by atoms with Crippen molar-refractivity contribution in [2.45, 2.75) is 0.888 Å². The van der Waals surface area contributed by atoms with Gasteiger partial charge in [-0.25, -0.2) is 0 Å². The van der Waals surface area contributed by atoms with Crippen molar-refractivity contribution >= 4 is 56.8 Å². The van der Waals surface area contributed by atoms with E-state index in [1.165, 1.54) is 0 Å². The lowest BCUT2D eigenvalue weighted by molar-refractivity contribution is 1.38. The van der Waals surface area contributed by atoms with Crippen molar-refractivity contribution < 1.29 is 0 Å². The van der Waals surface area contributed by atoms with E-state index < -0.39 is 0 Å². The summed E-state index contributed by atoms with van der Waals surface area (Å²) in [5, 5.41) is 0. The molecule has 0 aliphatic heterocycles. The van der Waals surface area contributed by atoms with Crippen LogP contribution in [0.15, 0.2) is 30.3 Å². The van der Waals surface area contributed by atoms with Gasteiger partial charge in [0.25, 0.3) is 0 Å². The molecule has 3 heteroatoms. The number of hydrogen-bond acceptors (Lipinski definition) is 0. The second-order valence-electron chi connectivity index (χ2n) is 1.86. The van der Waals surface area contributed by atoms with Gasteiger partial charge in [-0.15, -0.1) is 0 Å². The van der Waals surface area contributed by atoms with Gasteiger partial charge in [0.1, 0.15) is 0 Å². The molecular formula is C7H5ClI2. The molecule has 54 valence electrons. The van der Waals surface area contributed by atoms with Gasteiger partial charge in [0.15, 0.2) is 0.888 Å². The van der Waals surface area contributed by atoms with Crippen LogP contribution in [-0.4, -0.2) is 0 Å².